The first-order valence-corrected chi connectivity index (χ1v) is 11.8. The Balaban J connectivity index is 1.75. The first-order chi connectivity index (χ1) is 17.2. The smallest absolute Gasteiger partial charge is 0.417 e. The van der Waals surface area contributed by atoms with Gasteiger partial charge in [-0.2, -0.15) is 13.2 Å². The zero-order valence-electron chi connectivity index (χ0n) is 20.1. The molecule has 1 aliphatic heterocycles. The van der Waals surface area contributed by atoms with E-state index >= 15 is 0 Å². The number of fused-ring (bicyclic) bond motifs is 1. The van der Waals surface area contributed by atoms with Crippen LogP contribution in [0.4, 0.5) is 18.9 Å². The van der Waals surface area contributed by atoms with Crippen LogP contribution in [0.3, 0.4) is 0 Å². The van der Waals surface area contributed by atoms with Gasteiger partial charge in [-0.25, -0.2) is 0 Å². The highest BCUT2D eigenvalue weighted by atomic mass is 19.4. The van der Waals surface area contributed by atoms with Crippen LogP contribution in [0.25, 0.3) is 16.8 Å². The van der Waals surface area contributed by atoms with Crippen LogP contribution in [0.15, 0.2) is 47.4 Å². The highest BCUT2D eigenvalue weighted by molar-refractivity contribution is 5.74. The highest BCUT2D eigenvalue weighted by Crippen LogP contribution is 2.40. The van der Waals surface area contributed by atoms with Gasteiger partial charge >= 0.3 is 6.18 Å². The molecule has 2 heterocycles. The number of halogens is 3. The van der Waals surface area contributed by atoms with Gasteiger partial charge in [0.2, 0.25) is 0 Å². The molecule has 0 radical (unpaired) electrons. The molecule has 1 N–H and O–H groups in total. The number of aliphatic hydroxyl groups excluding tert-OH is 1. The van der Waals surface area contributed by atoms with E-state index in [4.69, 9.17) is 9.47 Å². The van der Waals surface area contributed by atoms with E-state index in [1.807, 2.05) is 4.90 Å². The van der Waals surface area contributed by atoms with Crippen LogP contribution in [0.5, 0.6) is 11.5 Å². The molecule has 0 bridgehead atoms. The van der Waals surface area contributed by atoms with Gasteiger partial charge in [-0.15, -0.1) is 0 Å². The van der Waals surface area contributed by atoms with Gasteiger partial charge in [0.05, 0.1) is 31.6 Å². The molecule has 190 valence electrons. The predicted molar refractivity (Wildman–Crippen MR) is 130 cm³/mol. The number of aliphatic hydroxyl groups is 1. The van der Waals surface area contributed by atoms with Gasteiger partial charge in [-0.1, -0.05) is 0 Å². The summed E-state index contributed by atoms with van der Waals surface area (Å²) in [4.78, 5) is 15.4. The van der Waals surface area contributed by atoms with Crippen LogP contribution in [-0.4, -0.2) is 43.1 Å². The Bertz CT molecular complexity index is 1340. The van der Waals surface area contributed by atoms with Crippen molar-refractivity contribution in [3.05, 3.63) is 69.6 Å². The largest absolute Gasteiger partial charge is 0.497 e. The number of rotatable bonds is 5. The molecule has 3 aromatic rings. The van der Waals surface area contributed by atoms with Crippen molar-refractivity contribution in [3.63, 3.8) is 0 Å². The normalized spacial score (nSPS) is 17.4. The Hall–Kier alpha value is -3.46. The summed E-state index contributed by atoms with van der Waals surface area (Å²) in [5, 5.41) is 9.93. The van der Waals surface area contributed by atoms with Crippen molar-refractivity contribution in [1.82, 2.24) is 4.57 Å². The molecule has 1 aromatic heterocycles. The van der Waals surface area contributed by atoms with Crippen molar-refractivity contribution < 1.29 is 27.8 Å². The van der Waals surface area contributed by atoms with Crippen molar-refractivity contribution in [2.45, 2.75) is 38.0 Å². The van der Waals surface area contributed by atoms with Crippen LogP contribution in [-0.2, 0) is 19.0 Å². The lowest BCUT2D eigenvalue weighted by Gasteiger charge is -2.22. The summed E-state index contributed by atoms with van der Waals surface area (Å²) in [6.45, 7) is 0.868. The molecule has 0 spiro atoms. The maximum Gasteiger partial charge on any atom is 0.417 e. The average Bonchev–Trinajstić information content (AvgIpc) is 3.53. The number of alkyl halides is 3. The Morgan fingerprint density at radius 2 is 1.69 bits per heavy atom. The zero-order valence-corrected chi connectivity index (χ0v) is 20.1. The van der Waals surface area contributed by atoms with Crippen molar-refractivity contribution in [2.75, 3.05) is 32.2 Å². The topological polar surface area (TPSA) is 63.9 Å². The zero-order chi connectivity index (χ0) is 25.6. The van der Waals surface area contributed by atoms with Crippen molar-refractivity contribution >= 4 is 5.69 Å². The summed E-state index contributed by atoms with van der Waals surface area (Å²) in [6.07, 6.45) is -1.24. The van der Waals surface area contributed by atoms with E-state index in [1.165, 1.54) is 32.5 Å². The minimum absolute atomic E-state index is 0.00800. The van der Waals surface area contributed by atoms with Crippen molar-refractivity contribution in [3.8, 4) is 28.3 Å². The fraction of sp³-hybridized carbons (Fsp3) is 0.370. The molecule has 1 saturated heterocycles. The summed E-state index contributed by atoms with van der Waals surface area (Å²) in [6, 6.07) is 9.10. The number of aromatic nitrogens is 1. The van der Waals surface area contributed by atoms with Crippen LogP contribution >= 0.6 is 0 Å². The summed E-state index contributed by atoms with van der Waals surface area (Å²) in [7, 11) is 3.05. The number of pyridine rings is 1. The minimum Gasteiger partial charge on any atom is -0.497 e. The molecule has 2 aliphatic rings. The predicted octanol–water partition coefficient (Wildman–Crippen LogP) is 4.60. The molecule has 1 fully saturated rings. The molecule has 6 nitrogen and oxygen atoms in total. The highest BCUT2D eigenvalue weighted by Gasteiger charge is 2.36. The third kappa shape index (κ3) is 4.32. The first kappa shape index (κ1) is 24.2. The molecule has 0 saturated carbocycles. The van der Waals surface area contributed by atoms with Gasteiger partial charge in [-0.3, -0.25) is 4.79 Å². The number of anilines is 1. The fourth-order valence-electron chi connectivity index (χ4n) is 5.20. The summed E-state index contributed by atoms with van der Waals surface area (Å²) in [5.74, 6) is 1.06. The van der Waals surface area contributed by atoms with Gasteiger partial charge in [0.1, 0.15) is 11.5 Å². The van der Waals surface area contributed by atoms with Crippen LogP contribution in [0, 0.1) is 0 Å². The second kappa shape index (κ2) is 9.20. The fourth-order valence-corrected chi connectivity index (χ4v) is 5.20. The number of benzene rings is 2. The first-order valence-electron chi connectivity index (χ1n) is 11.8. The van der Waals surface area contributed by atoms with Crippen LogP contribution in [0.2, 0.25) is 0 Å². The molecule has 1 aliphatic carbocycles. The Morgan fingerprint density at radius 3 is 2.31 bits per heavy atom. The third-order valence-corrected chi connectivity index (χ3v) is 7.00. The van der Waals surface area contributed by atoms with E-state index in [2.05, 4.69) is 0 Å². The molecule has 36 heavy (non-hydrogen) atoms. The molecule has 0 unspecified atom stereocenters. The summed E-state index contributed by atoms with van der Waals surface area (Å²) in [5.41, 5.74) is 1.09. The van der Waals surface area contributed by atoms with Crippen molar-refractivity contribution in [1.29, 1.82) is 0 Å². The number of hydrogen-bond acceptors (Lipinski definition) is 5. The van der Waals surface area contributed by atoms with E-state index in [9.17, 15) is 23.1 Å². The lowest BCUT2D eigenvalue weighted by atomic mass is 9.97. The quantitative estimate of drug-likeness (QED) is 0.555. The van der Waals surface area contributed by atoms with Gasteiger partial charge in [-0.05, 0) is 43.9 Å². The maximum atomic E-state index is 14.1. The number of methoxy groups -OCH3 is 2. The van der Waals surface area contributed by atoms with Crippen LogP contribution in [0.1, 0.15) is 29.7 Å². The van der Waals surface area contributed by atoms with Gasteiger partial charge < -0.3 is 24.0 Å². The number of hydrogen-bond donors (Lipinski definition) is 1. The van der Waals surface area contributed by atoms with E-state index in [1.54, 1.807) is 22.8 Å². The second-order valence-electron chi connectivity index (χ2n) is 9.21. The van der Waals surface area contributed by atoms with Gasteiger partial charge in [0.15, 0.2) is 5.43 Å². The van der Waals surface area contributed by atoms with E-state index in [0.29, 0.717) is 60.8 Å². The van der Waals surface area contributed by atoms with E-state index in [-0.39, 0.29) is 16.6 Å². The van der Waals surface area contributed by atoms with Crippen molar-refractivity contribution in [2.24, 2.45) is 0 Å². The molecular formula is C27H27F3N2O4. The number of nitrogens with zero attached hydrogens (tertiary/aromatic N) is 2. The SMILES string of the molecule is COc1cc(OC)cc(-n2cc(-c3cc(N4CC[C@H](O)C4)ccc3C(F)(F)F)c(=O)c3c2CCC3)c1. The Morgan fingerprint density at radius 1 is 0.972 bits per heavy atom. The summed E-state index contributed by atoms with van der Waals surface area (Å²) < 4.78 is 55.0. The summed E-state index contributed by atoms with van der Waals surface area (Å²) >= 11 is 0. The monoisotopic (exact) mass is 500 g/mol. The lowest BCUT2D eigenvalue weighted by Crippen LogP contribution is -2.22. The molecule has 5 rings (SSSR count). The second-order valence-corrected chi connectivity index (χ2v) is 9.21. The van der Waals surface area contributed by atoms with Gasteiger partial charge in [0.25, 0.3) is 0 Å². The standard InChI is InChI=1S/C27H27F3N2O4/c1-35-19-10-17(11-20(13-19)36-2)32-15-23(26(34)21-4-3-5-25(21)32)22-12-16(31-9-8-18(33)14-31)6-7-24(22)27(28,29)30/h6-7,10-13,15,18,33H,3-5,8-9,14H2,1-2H3/t18-/m0/s1. The molecule has 0 amide bonds. The maximum absolute atomic E-state index is 14.1. The van der Waals surface area contributed by atoms with E-state index in [0.717, 1.165) is 18.2 Å². The Labute approximate surface area is 206 Å². The molecule has 9 heteroatoms. The number of ether oxygens (including phenoxy) is 2. The third-order valence-electron chi connectivity index (χ3n) is 7.00. The molecule has 1 atom stereocenters. The molecular weight excluding hydrogens is 473 g/mol. The Kier molecular flexibility index (Phi) is 6.20. The molecule has 2 aromatic carbocycles. The number of β-amino-alcohol motifs (C(OH)–C–C–N with tert-alkyl or cyclic N) is 1. The van der Waals surface area contributed by atoms with Gasteiger partial charge in [0, 0.05) is 65.6 Å². The lowest BCUT2D eigenvalue weighted by molar-refractivity contribution is -0.137. The van der Waals surface area contributed by atoms with Crippen LogP contribution < -0.4 is 19.8 Å². The average molecular weight is 501 g/mol. The van der Waals surface area contributed by atoms with E-state index < -0.39 is 17.8 Å². The minimum atomic E-state index is -4.64.